The van der Waals surface area contributed by atoms with Gasteiger partial charge in [-0.05, 0) is 48.6 Å². The van der Waals surface area contributed by atoms with Crippen molar-refractivity contribution < 1.29 is 4.39 Å². The summed E-state index contributed by atoms with van der Waals surface area (Å²) < 4.78 is 13.3. The van der Waals surface area contributed by atoms with E-state index >= 15 is 0 Å². The molecule has 1 nitrogen and oxygen atoms in total. The van der Waals surface area contributed by atoms with E-state index in [9.17, 15) is 4.39 Å². The van der Waals surface area contributed by atoms with Gasteiger partial charge in [-0.15, -0.1) is 0 Å². The summed E-state index contributed by atoms with van der Waals surface area (Å²) >= 11 is 0. The van der Waals surface area contributed by atoms with E-state index in [1.54, 1.807) is 12.1 Å². The maximum Gasteiger partial charge on any atom is 0.123 e. The molecule has 2 unspecified atom stereocenters. The number of nitrogens with one attached hydrogen (secondary N) is 1. The summed E-state index contributed by atoms with van der Waals surface area (Å²) in [6, 6.07) is 15.8. The lowest BCUT2D eigenvalue weighted by molar-refractivity contribution is 0.492. The van der Waals surface area contributed by atoms with Crippen molar-refractivity contribution >= 4 is 0 Å². The van der Waals surface area contributed by atoms with Gasteiger partial charge >= 0.3 is 0 Å². The standard InChI is InChI=1S/C19H24FN/c1-13(2)16-8-10-17(11-9-16)14(3)21-15(4)18-6-5-7-19(20)12-18/h5-15,21H,1-4H3. The molecule has 0 spiro atoms. The fourth-order valence-corrected chi connectivity index (χ4v) is 2.51. The van der Waals surface area contributed by atoms with E-state index in [-0.39, 0.29) is 17.9 Å². The highest BCUT2D eigenvalue weighted by atomic mass is 19.1. The number of hydrogen-bond acceptors (Lipinski definition) is 1. The predicted octanol–water partition coefficient (Wildman–Crippen LogP) is 5.36. The Hall–Kier alpha value is -1.67. The van der Waals surface area contributed by atoms with Crippen molar-refractivity contribution in [3.8, 4) is 0 Å². The summed E-state index contributed by atoms with van der Waals surface area (Å²) in [5, 5.41) is 3.52. The zero-order chi connectivity index (χ0) is 15.4. The Morgan fingerprint density at radius 2 is 1.33 bits per heavy atom. The van der Waals surface area contributed by atoms with Gasteiger partial charge in [-0.2, -0.15) is 0 Å². The van der Waals surface area contributed by atoms with Crippen LogP contribution in [0.5, 0.6) is 0 Å². The smallest absolute Gasteiger partial charge is 0.123 e. The van der Waals surface area contributed by atoms with E-state index in [0.29, 0.717) is 5.92 Å². The molecule has 0 aromatic heterocycles. The molecule has 0 aliphatic heterocycles. The van der Waals surface area contributed by atoms with Gasteiger partial charge in [-0.25, -0.2) is 4.39 Å². The summed E-state index contributed by atoms with van der Waals surface area (Å²) in [6.45, 7) is 8.60. The van der Waals surface area contributed by atoms with Crippen LogP contribution in [0.2, 0.25) is 0 Å². The summed E-state index contributed by atoms with van der Waals surface area (Å²) in [5.41, 5.74) is 3.58. The fraction of sp³-hybridized carbons (Fsp3) is 0.368. The van der Waals surface area contributed by atoms with E-state index in [4.69, 9.17) is 0 Å². The molecular formula is C19H24FN. The third-order valence-electron chi connectivity index (χ3n) is 3.95. The number of hydrogen-bond donors (Lipinski definition) is 1. The highest BCUT2D eigenvalue weighted by Crippen LogP contribution is 2.22. The molecule has 0 bridgehead atoms. The van der Waals surface area contributed by atoms with E-state index in [1.807, 2.05) is 6.07 Å². The van der Waals surface area contributed by atoms with Crippen LogP contribution < -0.4 is 5.32 Å². The molecule has 2 aromatic carbocycles. The van der Waals surface area contributed by atoms with Gasteiger partial charge in [-0.3, -0.25) is 0 Å². The zero-order valence-electron chi connectivity index (χ0n) is 13.2. The third-order valence-corrected chi connectivity index (χ3v) is 3.95. The van der Waals surface area contributed by atoms with Crippen LogP contribution in [0.25, 0.3) is 0 Å². The molecule has 0 saturated carbocycles. The van der Waals surface area contributed by atoms with Crippen LogP contribution in [0.15, 0.2) is 48.5 Å². The molecule has 2 rings (SSSR count). The van der Waals surface area contributed by atoms with Crippen molar-refractivity contribution in [3.05, 3.63) is 71.0 Å². The normalized spacial score (nSPS) is 14.2. The Kier molecular flexibility index (Phi) is 5.13. The van der Waals surface area contributed by atoms with E-state index in [0.717, 1.165) is 5.56 Å². The lowest BCUT2D eigenvalue weighted by Gasteiger charge is -2.21. The van der Waals surface area contributed by atoms with Gasteiger partial charge < -0.3 is 5.32 Å². The van der Waals surface area contributed by atoms with Crippen LogP contribution in [0, 0.1) is 5.82 Å². The second kappa shape index (κ2) is 6.86. The molecule has 2 heteroatoms. The summed E-state index contributed by atoms with van der Waals surface area (Å²) in [5.74, 6) is 0.364. The number of benzene rings is 2. The van der Waals surface area contributed by atoms with Crippen LogP contribution in [-0.2, 0) is 0 Å². The molecule has 0 fully saturated rings. The first-order valence-corrected chi connectivity index (χ1v) is 7.58. The Bertz CT molecular complexity index is 574. The van der Waals surface area contributed by atoms with Gasteiger partial charge in [0.1, 0.15) is 5.82 Å². The quantitative estimate of drug-likeness (QED) is 0.779. The monoisotopic (exact) mass is 285 g/mol. The summed E-state index contributed by atoms with van der Waals surface area (Å²) in [6.07, 6.45) is 0. The van der Waals surface area contributed by atoms with Crippen LogP contribution in [0.4, 0.5) is 4.39 Å². The number of halogens is 1. The first kappa shape index (κ1) is 15.7. The highest BCUT2D eigenvalue weighted by Gasteiger charge is 2.12. The first-order chi connectivity index (χ1) is 9.97. The van der Waals surface area contributed by atoms with Gasteiger partial charge in [0.15, 0.2) is 0 Å². The van der Waals surface area contributed by atoms with Crippen molar-refractivity contribution in [1.82, 2.24) is 5.32 Å². The molecule has 21 heavy (non-hydrogen) atoms. The molecule has 112 valence electrons. The van der Waals surface area contributed by atoms with Gasteiger partial charge in [-0.1, -0.05) is 50.2 Å². The van der Waals surface area contributed by atoms with Crippen LogP contribution in [0.1, 0.15) is 62.4 Å². The second-order valence-corrected chi connectivity index (χ2v) is 5.99. The predicted molar refractivity (Wildman–Crippen MR) is 86.9 cm³/mol. The Morgan fingerprint density at radius 1 is 0.762 bits per heavy atom. The first-order valence-electron chi connectivity index (χ1n) is 7.58. The zero-order valence-corrected chi connectivity index (χ0v) is 13.2. The van der Waals surface area contributed by atoms with E-state index < -0.39 is 0 Å². The topological polar surface area (TPSA) is 12.0 Å². The summed E-state index contributed by atoms with van der Waals surface area (Å²) in [4.78, 5) is 0. The molecule has 0 saturated heterocycles. The van der Waals surface area contributed by atoms with Crippen LogP contribution in [0.3, 0.4) is 0 Å². The molecule has 0 aliphatic carbocycles. The average molecular weight is 285 g/mol. The molecule has 0 heterocycles. The average Bonchev–Trinajstić information content (AvgIpc) is 2.47. The maximum absolute atomic E-state index is 13.3. The molecule has 1 N–H and O–H groups in total. The van der Waals surface area contributed by atoms with E-state index in [1.165, 1.54) is 17.2 Å². The SMILES string of the molecule is CC(C)c1ccc(C(C)NC(C)c2cccc(F)c2)cc1. The van der Waals surface area contributed by atoms with Crippen molar-refractivity contribution in [2.75, 3.05) is 0 Å². The lowest BCUT2D eigenvalue weighted by Crippen LogP contribution is -2.22. The van der Waals surface area contributed by atoms with Crippen molar-refractivity contribution in [2.24, 2.45) is 0 Å². The summed E-state index contributed by atoms with van der Waals surface area (Å²) in [7, 11) is 0. The van der Waals surface area contributed by atoms with Gasteiger partial charge in [0, 0.05) is 12.1 Å². The second-order valence-electron chi connectivity index (χ2n) is 5.99. The minimum atomic E-state index is -0.185. The Morgan fingerprint density at radius 3 is 1.90 bits per heavy atom. The van der Waals surface area contributed by atoms with Crippen LogP contribution >= 0.6 is 0 Å². The Balaban J connectivity index is 2.05. The third kappa shape index (κ3) is 4.15. The van der Waals surface area contributed by atoms with Gasteiger partial charge in [0.05, 0.1) is 0 Å². The molecule has 2 atom stereocenters. The fourth-order valence-electron chi connectivity index (χ4n) is 2.51. The van der Waals surface area contributed by atoms with Crippen molar-refractivity contribution in [2.45, 2.75) is 45.7 Å². The molecule has 0 radical (unpaired) electrons. The maximum atomic E-state index is 13.3. The minimum absolute atomic E-state index is 0.112. The van der Waals surface area contributed by atoms with Gasteiger partial charge in [0.25, 0.3) is 0 Å². The molecule has 0 amide bonds. The van der Waals surface area contributed by atoms with Crippen LogP contribution in [-0.4, -0.2) is 0 Å². The highest BCUT2D eigenvalue weighted by molar-refractivity contribution is 5.27. The number of rotatable bonds is 5. The van der Waals surface area contributed by atoms with Gasteiger partial charge in [0.2, 0.25) is 0 Å². The largest absolute Gasteiger partial charge is 0.304 e. The lowest BCUT2D eigenvalue weighted by atomic mass is 9.99. The van der Waals surface area contributed by atoms with Crippen molar-refractivity contribution in [3.63, 3.8) is 0 Å². The molecular weight excluding hydrogens is 261 g/mol. The molecule has 0 aliphatic rings. The molecule has 2 aromatic rings. The Labute approximate surface area is 127 Å². The van der Waals surface area contributed by atoms with Crippen molar-refractivity contribution in [1.29, 1.82) is 0 Å². The van der Waals surface area contributed by atoms with E-state index in [2.05, 4.69) is 57.3 Å². The minimum Gasteiger partial charge on any atom is -0.304 e.